The highest BCUT2D eigenvalue weighted by atomic mass is 16.3. The van der Waals surface area contributed by atoms with E-state index in [1.165, 1.54) is 13.1 Å². The summed E-state index contributed by atoms with van der Waals surface area (Å²) in [5.41, 5.74) is 2.05. The van der Waals surface area contributed by atoms with Crippen molar-refractivity contribution in [1.29, 1.82) is 0 Å². The van der Waals surface area contributed by atoms with Crippen LogP contribution in [0.3, 0.4) is 0 Å². The molecular weight excluding hydrogens is 357 g/mol. The van der Waals surface area contributed by atoms with Crippen LogP contribution in [0.1, 0.15) is 23.6 Å². The normalized spacial score (nSPS) is 11.2. The van der Waals surface area contributed by atoms with E-state index in [0.717, 1.165) is 5.56 Å². The number of phenols is 1. The maximum absolute atomic E-state index is 12.0. The molecule has 0 bridgehead atoms. The van der Waals surface area contributed by atoms with Gasteiger partial charge in [-0.1, -0.05) is 23.7 Å². The quantitative estimate of drug-likeness (QED) is 0.315. The van der Waals surface area contributed by atoms with E-state index >= 15 is 0 Å². The van der Waals surface area contributed by atoms with Crippen molar-refractivity contribution in [3.05, 3.63) is 57.4 Å². The van der Waals surface area contributed by atoms with Gasteiger partial charge < -0.3 is 15.5 Å². The first kappa shape index (κ1) is 19.2. The van der Waals surface area contributed by atoms with E-state index in [-0.39, 0.29) is 24.1 Å². The molecule has 0 aliphatic heterocycles. The highest BCUT2D eigenvalue weighted by molar-refractivity contribution is 6.33. The van der Waals surface area contributed by atoms with Gasteiger partial charge in [0.05, 0.1) is 17.8 Å². The lowest BCUT2D eigenvalue weighted by atomic mass is 9.92. The van der Waals surface area contributed by atoms with Crippen molar-refractivity contribution in [1.82, 2.24) is 4.98 Å². The number of aromatic nitrogens is 1. The maximum Gasteiger partial charge on any atom is 0.258 e. The van der Waals surface area contributed by atoms with Crippen molar-refractivity contribution in [3.63, 3.8) is 0 Å². The summed E-state index contributed by atoms with van der Waals surface area (Å²) in [7, 11) is 5.80. The van der Waals surface area contributed by atoms with Crippen molar-refractivity contribution in [2.24, 2.45) is 4.99 Å². The molecule has 0 atom stereocenters. The van der Waals surface area contributed by atoms with Crippen LogP contribution in [0.5, 0.6) is 11.6 Å². The number of aryl methyl sites for hydroxylation is 1. The third-order valence-electron chi connectivity index (χ3n) is 4.23. The van der Waals surface area contributed by atoms with Crippen LogP contribution in [0.2, 0.25) is 0 Å². The van der Waals surface area contributed by atoms with Crippen molar-refractivity contribution in [3.8, 4) is 11.6 Å². The van der Waals surface area contributed by atoms with E-state index in [2.05, 4.69) is 15.3 Å². The number of aliphatic imine (C=N–C) groups is 1. The first-order valence-corrected chi connectivity index (χ1v) is 8.50. The number of carbonyl (C=O) groups excluding carboxylic acids is 1. The fourth-order valence-electron chi connectivity index (χ4n) is 2.96. The predicted molar refractivity (Wildman–Crippen MR) is 110 cm³/mol. The first-order chi connectivity index (χ1) is 13.3. The molecule has 4 N–H and O–H groups in total. The number of benzene rings is 2. The molecule has 0 saturated carbocycles. The fourth-order valence-corrected chi connectivity index (χ4v) is 2.96. The van der Waals surface area contributed by atoms with Gasteiger partial charge in [0.1, 0.15) is 13.6 Å². The van der Waals surface area contributed by atoms with E-state index in [9.17, 15) is 19.8 Å². The Labute approximate surface area is 162 Å². The van der Waals surface area contributed by atoms with Gasteiger partial charge in [-0.2, -0.15) is 0 Å². The first-order valence-electron chi connectivity index (χ1n) is 8.50. The zero-order chi connectivity index (χ0) is 20.4. The molecule has 1 heterocycles. The standard InChI is InChI=1S/C20H18BN3O4/c1-10-5-12(6-17(18(10)26)23-11(2)25)8-22-9-16-15-7-13(21)3-4-14(15)19(27)24-20(16)28/h3-7,9,26H,8H2,1-2H3,(H,23,25)(H2,24,27,28). The van der Waals surface area contributed by atoms with E-state index in [0.29, 0.717) is 33.0 Å². The molecule has 0 saturated heterocycles. The van der Waals surface area contributed by atoms with Crippen molar-refractivity contribution in [2.45, 2.75) is 20.4 Å². The summed E-state index contributed by atoms with van der Waals surface area (Å²) in [6.45, 7) is 3.31. The molecular formula is C20H18BN3O4. The average Bonchev–Trinajstić information content (AvgIpc) is 2.61. The Kier molecular flexibility index (Phi) is 5.22. The van der Waals surface area contributed by atoms with Gasteiger partial charge in [0.25, 0.3) is 5.56 Å². The summed E-state index contributed by atoms with van der Waals surface area (Å²) in [5, 5.41) is 23.6. The van der Waals surface area contributed by atoms with E-state index in [1.807, 2.05) is 0 Å². The number of fused-ring (bicyclic) bond motifs is 1. The van der Waals surface area contributed by atoms with E-state index < -0.39 is 5.56 Å². The molecule has 2 radical (unpaired) electrons. The number of hydrogen-bond acceptors (Lipinski definition) is 5. The summed E-state index contributed by atoms with van der Waals surface area (Å²) >= 11 is 0. The number of carbonyl (C=O) groups is 1. The second kappa shape index (κ2) is 7.60. The summed E-state index contributed by atoms with van der Waals surface area (Å²) in [5.74, 6) is -0.590. The molecule has 0 unspecified atom stereocenters. The lowest BCUT2D eigenvalue weighted by molar-refractivity contribution is -0.114. The Bertz CT molecular complexity index is 1170. The van der Waals surface area contributed by atoms with Gasteiger partial charge in [-0.05, 0) is 30.2 Å². The number of phenolic OH excluding ortho intramolecular Hbond substituents is 1. The fraction of sp³-hybridized carbons (Fsp3) is 0.150. The number of hydrogen-bond donors (Lipinski definition) is 4. The zero-order valence-corrected chi connectivity index (χ0v) is 15.4. The lowest BCUT2D eigenvalue weighted by Gasteiger charge is -2.10. The van der Waals surface area contributed by atoms with Gasteiger partial charge in [0.15, 0.2) is 0 Å². The molecule has 0 aliphatic rings. The summed E-state index contributed by atoms with van der Waals surface area (Å²) < 4.78 is 0. The topological polar surface area (TPSA) is 115 Å². The van der Waals surface area contributed by atoms with Crippen LogP contribution in [0.15, 0.2) is 40.1 Å². The zero-order valence-electron chi connectivity index (χ0n) is 15.4. The number of aromatic amines is 1. The van der Waals surface area contributed by atoms with E-state index in [1.54, 1.807) is 37.3 Å². The minimum Gasteiger partial charge on any atom is -0.505 e. The monoisotopic (exact) mass is 375 g/mol. The van der Waals surface area contributed by atoms with Crippen molar-refractivity contribution < 1.29 is 15.0 Å². The van der Waals surface area contributed by atoms with Crippen molar-refractivity contribution in [2.75, 3.05) is 5.32 Å². The number of rotatable bonds is 4. The number of nitrogens with zero attached hydrogens (tertiary/aromatic N) is 1. The van der Waals surface area contributed by atoms with Gasteiger partial charge in [0, 0.05) is 23.9 Å². The summed E-state index contributed by atoms with van der Waals surface area (Å²) in [4.78, 5) is 30.0. The molecule has 1 amide bonds. The second-order valence-corrected chi connectivity index (χ2v) is 6.48. The summed E-state index contributed by atoms with van der Waals surface area (Å²) in [6, 6.07) is 8.18. The predicted octanol–water partition coefficient (Wildman–Crippen LogP) is 1.62. The van der Waals surface area contributed by atoms with Crippen LogP contribution < -0.4 is 16.3 Å². The number of anilines is 1. The van der Waals surface area contributed by atoms with Crippen LogP contribution in [0.25, 0.3) is 10.8 Å². The lowest BCUT2D eigenvalue weighted by Crippen LogP contribution is -2.11. The minimum absolute atomic E-state index is 0.00248. The number of nitrogens with one attached hydrogen (secondary N) is 2. The molecule has 0 aliphatic carbocycles. The largest absolute Gasteiger partial charge is 0.505 e. The Morgan fingerprint density at radius 1 is 1.25 bits per heavy atom. The average molecular weight is 375 g/mol. The van der Waals surface area contributed by atoms with Crippen LogP contribution in [0.4, 0.5) is 5.69 Å². The minimum atomic E-state index is -0.418. The number of amides is 1. The molecule has 0 spiro atoms. The Morgan fingerprint density at radius 2 is 2.00 bits per heavy atom. The van der Waals surface area contributed by atoms with E-state index in [4.69, 9.17) is 7.85 Å². The van der Waals surface area contributed by atoms with Gasteiger partial charge in [0.2, 0.25) is 11.8 Å². The highest BCUT2D eigenvalue weighted by Crippen LogP contribution is 2.29. The summed E-state index contributed by atoms with van der Waals surface area (Å²) in [6.07, 6.45) is 1.45. The van der Waals surface area contributed by atoms with Gasteiger partial charge >= 0.3 is 0 Å². The van der Waals surface area contributed by atoms with Crippen LogP contribution >= 0.6 is 0 Å². The number of pyridine rings is 1. The number of H-pyrrole nitrogens is 1. The maximum atomic E-state index is 12.0. The molecule has 3 aromatic rings. The molecule has 0 fully saturated rings. The Morgan fingerprint density at radius 3 is 2.71 bits per heavy atom. The smallest absolute Gasteiger partial charge is 0.258 e. The number of aromatic hydroxyl groups is 2. The molecule has 28 heavy (non-hydrogen) atoms. The molecule has 7 nitrogen and oxygen atoms in total. The molecule has 140 valence electrons. The highest BCUT2D eigenvalue weighted by Gasteiger charge is 2.10. The van der Waals surface area contributed by atoms with Gasteiger partial charge in [-0.15, -0.1) is 0 Å². The Hall–Kier alpha value is -3.55. The van der Waals surface area contributed by atoms with Gasteiger partial charge in [-0.3, -0.25) is 19.6 Å². The SMILES string of the molecule is [B]c1ccc2c(=O)[nH]c(O)c(C=NCc3cc(C)c(O)c(NC(C)=O)c3)c2c1. The second-order valence-electron chi connectivity index (χ2n) is 6.48. The molecule has 1 aromatic heterocycles. The van der Waals surface area contributed by atoms with Crippen LogP contribution in [0, 0.1) is 6.92 Å². The van der Waals surface area contributed by atoms with Crippen molar-refractivity contribution >= 4 is 41.9 Å². The molecule has 8 heteroatoms. The van der Waals surface area contributed by atoms with Gasteiger partial charge in [-0.25, -0.2) is 0 Å². The third-order valence-corrected chi connectivity index (χ3v) is 4.23. The van der Waals surface area contributed by atoms with Crippen LogP contribution in [-0.2, 0) is 11.3 Å². The van der Waals surface area contributed by atoms with Crippen LogP contribution in [-0.4, -0.2) is 35.2 Å². The molecule has 2 aromatic carbocycles. The Balaban J connectivity index is 1.96. The molecule has 3 rings (SSSR count). The third kappa shape index (κ3) is 3.90.